The number of hydrogen-bond acceptors (Lipinski definition) is 2. The third kappa shape index (κ3) is 3.23. The fourth-order valence-corrected chi connectivity index (χ4v) is 2.30. The van der Waals surface area contributed by atoms with Crippen LogP contribution in [0.15, 0.2) is 46.9 Å². The Labute approximate surface area is 131 Å². The molecule has 3 nitrogen and oxygen atoms in total. The van der Waals surface area contributed by atoms with Crippen molar-refractivity contribution in [1.29, 1.82) is 0 Å². The van der Waals surface area contributed by atoms with Crippen molar-refractivity contribution in [3.05, 3.63) is 63.6 Å². The Morgan fingerprint density at radius 2 is 1.95 bits per heavy atom. The summed E-state index contributed by atoms with van der Waals surface area (Å²) in [4.78, 5) is 12.6. The van der Waals surface area contributed by atoms with Gasteiger partial charge >= 0.3 is 0 Å². The van der Waals surface area contributed by atoms with E-state index in [1.165, 1.54) is 0 Å². The van der Waals surface area contributed by atoms with E-state index in [0.29, 0.717) is 16.2 Å². The highest BCUT2D eigenvalue weighted by molar-refractivity contribution is 9.10. The van der Waals surface area contributed by atoms with Crippen LogP contribution in [0.3, 0.4) is 0 Å². The van der Waals surface area contributed by atoms with Crippen molar-refractivity contribution in [2.24, 2.45) is 5.73 Å². The molecule has 0 bridgehead atoms. The van der Waals surface area contributed by atoms with Crippen molar-refractivity contribution in [1.82, 2.24) is 0 Å². The van der Waals surface area contributed by atoms with Gasteiger partial charge in [0.2, 0.25) is 0 Å². The molecule has 0 fully saturated rings. The van der Waals surface area contributed by atoms with Gasteiger partial charge in [0, 0.05) is 21.3 Å². The minimum absolute atomic E-state index is 0.163. The van der Waals surface area contributed by atoms with E-state index in [9.17, 15) is 4.79 Å². The van der Waals surface area contributed by atoms with Gasteiger partial charge in [-0.05, 0) is 36.8 Å². The number of thiocarbonyl (C=S) groups is 1. The summed E-state index contributed by atoms with van der Waals surface area (Å²) in [5.41, 5.74) is 8.50. The summed E-state index contributed by atoms with van der Waals surface area (Å²) in [6, 6.07) is 12.7. The first-order valence-electron chi connectivity index (χ1n) is 5.95. The van der Waals surface area contributed by atoms with E-state index in [0.717, 1.165) is 15.6 Å². The van der Waals surface area contributed by atoms with Gasteiger partial charge in [0.15, 0.2) is 0 Å². The lowest BCUT2D eigenvalue weighted by Gasteiger charge is -2.09. The molecule has 2 aromatic carbocycles. The quantitative estimate of drug-likeness (QED) is 0.832. The van der Waals surface area contributed by atoms with Crippen LogP contribution >= 0.6 is 28.1 Å². The molecule has 0 aliphatic heterocycles. The van der Waals surface area contributed by atoms with E-state index in [4.69, 9.17) is 18.0 Å². The lowest BCUT2D eigenvalue weighted by Crippen LogP contribution is -2.15. The first-order chi connectivity index (χ1) is 9.49. The summed E-state index contributed by atoms with van der Waals surface area (Å²) in [6.07, 6.45) is 0. The smallest absolute Gasteiger partial charge is 0.255 e. The Balaban J connectivity index is 2.26. The van der Waals surface area contributed by atoms with E-state index in [-0.39, 0.29) is 5.91 Å². The number of nitrogens with one attached hydrogen (secondary N) is 1. The Hall–Kier alpha value is -1.72. The van der Waals surface area contributed by atoms with Crippen molar-refractivity contribution in [3.63, 3.8) is 0 Å². The summed E-state index contributed by atoms with van der Waals surface area (Å²) in [5.74, 6) is -0.163. The molecule has 0 saturated carbocycles. The van der Waals surface area contributed by atoms with Crippen LogP contribution in [-0.2, 0) is 0 Å². The van der Waals surface area contributed by atoms with Crippen LogP contribution < -0.4 is 11.1 Å². The van der Waals surface area contributed by atoms with Crippen LogP contribution in [0.1, 0.15) is 21.5 Å². The number of hydrogen-bond donors (Lipinski definition) is 2. The Bertz CT molecular complexity index is 685. The molecule has 3 N–H and O–H groups in total. The molecule has 0 unspecified atom stereocenters. The summed E-state index contributed by atoms with van der Waals surface area (Å²) in [7, 11) is 0. The zero-order valence-electron chi connectivity index (χ0n) is 10.8. The largest absolute Gasteiger partial charge is 0.389 e. The van der Waals surface area contributed by atoms with Gasteiger partial charge in [0.1, 0.15) is 4.99 Å². The number of anilines is 1. The first-order valence-corrected chi connectivity index (χ1v) is 7.15. The third-order valence-corrected chi connectivity index (χ3v) is 4.01. The number of benzene rings is 2. The van der Waals surface area contributed by atoms with Crippen LogP contribution in [0.25, 0.3) is 0 Å². The number of nitrogens with two attached hydrogens (primary N) is 1. The maximum atomic E-state index is 12.3. The predicted octanol–water partition coefficient (Wildman–Crippen LogP) is 3.64. The molecule has 0 aliphatic carbocycles. The van der Waals surface area contributed by atoms with E-state index in [1.807, 2.05) is 25.1 Å². The van der Waals surface area contributed by atoms with Crippen LogP contribution in [0.5, 0.6) is 0 Å². The van der Waals surface area contributed by atoms with Crippen molar-refractivity contribution in [3.8, 4) is 0 Å². The van der Waals surface area contributed by atoms with Gasteiger partial charge in [-0.3, -0.25) is 4.79 Å². The predicted molar refractivity (Wildman–Crippen MR) is 89.2 cm³/mol. The van der Waals surface area contributed by atoms with E-state index in [1.54, 1.807) is 24.3 Å². The summed E-state index contributed by atoms with van der Waals surface area (Å²) < 4.78 is 0.905. The SMILES string of the molecule is Cc1c(Br)cccc1C(=O)Nc1cccc(C(N)=S)c1. The maximum Gasteiger partial charge on any atom is 0.255 e. The first kappa shape index (κ1) is 14.7. The Morgan fingerprint density at radius 1 is 1.25 bits per heavy atom. The van der Waals surface area contributed by atoms with Gasteiger partial charge in [-0.1, -0.05) is 46.3 Å². The van der Waals surface area contributed by atoms with Crippen molar-refractivity contribution in [2.75, 3.05) is 5.32 Å². The molecule has 0 aromatic heterocycles. The fraction of sp³-hybridized carbons (Fsp3) is 0.0667. The van der Waals surface area contributed by atoms with Crippen LogP contribution in [-0.4, -0.2) is 10.9 Å². The molecule has 5 heteroatoms. The van der Waals surface area contributed by atoms with Crippen molar-refractivity contribution < 1.29 is 4.79 Å². The molecule has 0 heterocycles. The number of halogens is 1. The van der Waals surface area contributed by atoms with E-state index < -0.39 is 0 Å². The standard InChI is InChI=1S/C15H13BrN2OS/c1-9-12(6-3-7-13(9)16)15(19)18-11-5-2-4-10(8-11)14(17)20/h2-8H,1H3,(H2,17,20)(H,18,19). The highest BCUT2D eigenvalue weighted by Crippen LogP contribution is 2.20. The molecule has 0 radical (unpaired) electrons. The lowest BCUT2D eigenvalue weighted by molar-refractivity contribution is 0.102. The summed E-state index contributed by atoms with van der Waals surface area (Å²) >= 11 is 8.34. The molecule has 1 amide bonds. The van der Waals surface area contributed by atoms with Crippen LogP contribution in [0, 0.1) is 6.92 Å². The second-order valence-corrected chi connectivity index (χ2v) is 5.61. The minimum atomic E-state index is -0.163. The van der Waals surface area contributed by atoms with E-state index in [2.05, 4.69) is 21.2 Å². The second-order valence-electron chi connectivity index (χ2n) is 4.31. The summed E-state index contributed by atoms with van der Waals surface area (Å²) in [5, 5.41) is 2.85. The molecule has 0 spiro atoms. The van der Waals surface area contributed by atoms with Gasteiger partial charge in [0.25, 0.3) is 5.91 Å². The zero-order chi connectivity index (χ0) is 14.7. The normalized spacial score (nSPS) is 10.1. The topological polar surface area (TPSA) is 55.1 Å². The average molecular weight is 349 g/mol. The number of rotatable bonds is 3. The average Bonchev–Trinajstić information content (AvgIpc) is 2.42. The molecular formula is C15H13BrN2OS. The molecular weight excluding hydrogens is 336 g/mol. The fourth-order valence-electron chi connectivity index (χ4n) is 1.80. The van der Waals surface area contributed by atoms with Crippen LogP contribution in [0.4, 0.5) is 5.69 Å². The zero-order valence-corrected chi connectivity index (χ0v) is 13.2. The van der Waals surface area contributed by atoms with Gasteiger partial charge in [-0.15, -0.1) is 0 Å². The molecule has 102 valence electrons. The van der Waals surface area contributed by atoms with Crippen molar-refractivity contribution >= 4 is 44.7 Å². The summed E-state index contributed by atoms with van der Waals surface area (Å²) in [6.45, 7) is 1.89. The number of carbonyl (C=O) groups is 1. The Kier molecular flexibility index (Phi) is 4.52. The van der Waals surface area contributed by atoms with Gasteiger partial charge in [0.05, 0.1) is 0 Å². The number of amides is 1. The molecule has 2 rings (SSSR count). The molecule has 0 atom stereocenters. The number of carbonyl (C=O) groups excluding carboxylic acids is 1. The lowest BCUT2D eigenvalue weighted by atomic mass is 10.1. The Morgan fingerprint density at radius 3 is 2.65 bits per heavy atom. The monoisotopic (exact) mass is 348 g/mol. The third-order valence-electron chi connectivity index (χ3n) is 2.92. The van der Waals surface area contributed by atoms with Crippen molar-refractivity contribution in [2.45, 2.75) is 6.92 Å². The highest BCUT2D eigenvalue weighted by Gasteiger charge is 2.11. The van der Waals surface area contributed by atoms with E-state index >= 15 is 0 Å². The molecule has 20 heavy (non-hydrogen) atoms. The highest BCUT2D eigenvalue weighted by atomic mass is 79.9. The molecule has 0 saturated heterocycles. The molecule has 0 aliphatic rings. The maximum absolute atomic E-state index is 12.3. The molecule has 2 aromatic rings. The minimum Gasteiger partial charge on any atom is -0.389 e. The van der Waals surface area contributed by atoms with Gasteiger partial charge < -0.3 is 11.1 Å². The second kappa shape index (κ2) is 6.15. The van der Waals surface area contributed by atoms with Gasteiger partial charge in [-0.2, -0.15) is 0 Å². The van der Waals surface area contributed by atoms with Crippen LogP contribution in [0.2, 0.25) is 0 Å². The van der Waals surface area contributed by atoms with Gasteiger partial charge in [-0.25, -0.2) is 0 Å².